The molecule has 1 unspecified atom stereocenters. The smallest absolute Gasteiger partial charge is 0.269 e. The molecule has 100 valence electrons. The highest BCUT2D eigenvalue weighted by atomic mass is 32.1. The van der Waals surface area contributed by atoms with Gasteiger partial charge in [-0.25, -0.2) is 15.8 Å². The minimum atomic E-state index is -0.222. The van der Waals surface area contributed by atoms with E-state index in [1.165, 1.54) is 0 Å². The normalized spacial score (nSPS) is 11.9. The summed E-state index contributed by atoms with van der Waals surface area (Å²) in [7, 11) is 0. The number of hydrogen-bond acceptors (Lipinski definition) is 6. The molecule has 0 aliphatic rings. The molecule has 0 radical (unpaired) electrons. The van der Waals surface area contributed by atoms with Crippen LogP contribution in [0.4, 0.5) is 5.82 Å². The lowest BCUT2D eigenvalue weighted by Gasteiger charge is -2.10. The van der Waals surface area contributed by atoms with Crippen LogP contribution in [-0.4, -0.2) is 22.4 Å². The fourth-order valence-corrected chi connectivity index (χ4v) is 2.24. The summed E-state index contributed by atoms with van der Waals surface area (Å²) >= 11 is 1.58. The van der Waals surface area contributed by atoms with Gasteiger partial charge in [-0.2, -0.15) is 0 Å². The Labute approximate surface area is 115 Å². The number of anilines is 1. The quantitative estimate of drug-likeness (QED) is 0.567. The van der Waals surface area contributed by atoms with Gasteiger partial charge in [0.05, 0.1) is 5.01 Å². The van der Waals surface area contributed by atoms with E-state index in [1.54, 1.807) is 35.7 Å². The zero-order valence-corrected chi connectivity index (χ0v) is 11.3. The number of nitrogen functional groups attached to an aromatic ring is 1. The molecule has 0 aromatic carbocycles. The molecule has 2 heterocycles. The van der Waals surface area contributed by atoms with Crippen LogP contribution >= 0.6 is 11.3 Å². The molecule has 0 saturated heterocycles. The highest BCUT2D eigenvalue weighted by molar-refractivity contribution is 7.09. The van der Waals surface area contributed by atoms with Gasteiger partial charge in [-0.05, 0) is 12.1 Å². The first kappa shape index (κ1) is 13.4. The predicted octanol–water partition coefficient (Wildman–Crippen LogP) is 1.36. The molecule has 19 heavy (non-hydrogen) atoms. The Balaban J connectivity index is 1.94. The number of nitrogens with one attached hydrogen (secondary N) is 2. The fraction of sp³-hybridized carbons (Fsp3) is 0.250. The van der Waals surface area contributed by atoms with Gasteiger partial charge in [0.15, 0.2) is 0 Å². The van der Waals surface area contributed by atoms with Crippen molar-refractivity contribution in [2.45, 2.75) is 12.8 Å². The first-order chi connectivity index (χ1) is 9.20. The Kier molecular flexibility index (Phi) is 4.43. The molecule has 0 saturated carbocycles. The largest absolute Gasteiger partial charge is 0.350 e. The van der Waals surface area contributed by atoms with Crippen molar-refractivity contribution in [3.63, 3.8) is 0 Å². The molecule has 0 aliphatic heterocycles. The molecule has 4 N–H and O–H groups in total. The van der Waals surface area contributed by atoms with Crippen molar-refractivity contribution in [3.05, 3.63) is 40.5 Å². The molecule has 0 fully saturated rings. The summed E-state index contributed by atoms with van der Waals surface area (Å²) in [6.45, 7) is 2.54. The number of thiazole rings is 1. The summed E-state index contributed by atoms with van der Waals surface area (Å²) in [5, 5.41) is 5.76. The van der Waals surface area contributed by atoms with Crippen LogP contribution in [0.25, 0.3) is 0 Å². The number of nitrogens with zero attached hydrogens (tertiary/aromatic N) is 2. The SMILES string of the molecule is CC(CNC(=O)c1cccc(NN)n1)c1nccs1. The number of carbonyl (C=O) groups is 1. The van der Waals surface area contributed by atoms with E-state index in [0.29, 0.717) is 18.1 Å². The Bertz CT molecular complexity index is 543. The van der Waals surface area contributed by atoms with Crippen LogP contribution in [0.1, 0.15) is 28.3 Å². The number of rotatable bonds is 5. The molecule has 0 aliphatic carbocycles. The van der Waals surface area contributed by atoms with Crippen LogP contribution in [0.3, 0.4) is 0 Å². The molecule has 1 atom stereocenters. The van der Waals surface area contributed by atoms with E-state index in [2.05, 4.69) is 20.7 Å². The number of nitrogens with two attached hydrogens (primary N) is 1. The van der Waals surface area contributed by atoms with E-state index >= 15 is 0 Å². The molecular weight excluding hydrogens is 262 g/mol. The number of aromatic nitrogens is 2. The maximum Gasteiger partial charge on any atom is 0.269 e. The van der Waals surface area contributed by atoms with Gasteiger partial charge < -0.3 is 10.7 Å². The second-order valence-electron chi connectivity index (χ2n) is 4.03. The van der Waals surface area contributed by atoms with E-state index in [-0.39, 0.29) is 11.8 Å². The van der Waals surface area contributed by atoms with Crippen molar-refractivity contribution in [3.8, 4) is 0 Å². The van der Waals surface area contributed by atoms with Crippen LogP contribution in [0.15, 0.2) is 29.8 Å². The van der Waals surface area contributed by atoms with Gasteiger partial charge in [0.25, 0.3) is 5.91 Å². The van der Waals surface area contributed by atoms with Gasteiger partial charge in [0, 0.05) is 24.0 Å². The highest BCUT2D eigenvalue weighted by Gasteiger charge is 2.12. The lowest BCUT2D eigenvalue weighted by atomic mass is 10.2. The molecule has 1 amide bonds. The van der Waals surface area contributed by atoms with Gasteiger partial charge in [0.1, 0.15) is 11.5 Å². The molecule has 2 rings (SSSR count). The van der Waals surface area contributed by atoms with Crippen molar-refractivity contribution in [1.29, 1.82) is 0 Å². The molecular formula is C12H15N5OS. The lowest BCUT2D eigenvalue weighted by Crippen LogP contribution is -2.28. The molecule has 2 aromatic rings. The summed E-state index contributed by atoms with van der Waals surface area (Å²) in [5.41, 5.74) is 2.75. The summed E-state index contributed by atoms with van der Waals surface area (Å²) in [6.07, 6.45) is 1.76. The first-order valence-electron chi connectivity index (χ1n) is 5.82. The Morgan fingerprint density at radius 1 is 1.53 bits per heavy atom. The first-order valence-corrected chi connectivity index (χ1v) is 6.70. The van der Waals surface area contributed by atoms with E-state index < -0.39 is 0 Å². The van der Waals surface area contributed by atoms with Crippen LogP contribution in [0.2, 0.25) is 0 Å². The number of carbonyl (C=O) groups excluding carboxylic acids is 1. The maximum atomic E-state index is 11.9. The van der Waals surface area contributed by atoms with Gasteiger partial charge in [0.2, 0.25) is 0 Å². The number of hydrazine groups is 1. The number of pyridine rings is 1. The van der Waals surface area contributed by atoms with Crippen molar-refractivity contribution in [2.75, 3.05) is 12.0 Å². The molecule has 7 heteroatoms. The van der Waals surface area contributed by atoms with Gasteiger partial charge in [-0.15, -0.1) is 11.3 Å². The second kappa shape index (κ2) is 6.26. The van der Waals surface area contributed by atoms with Crippen LogP contribution < -0.4 is 16.6 Å². The summed E-state index contributed by atoms with van der Waals surface area (Å²) in [6, 6.07) is 5.06. The van der Waals surface area contributed by atoms with E-state index in [9.17, 15) is 4.79 Å². The monoisotopic (exact) mass is 277 g/mol. The fourth-order valence-electron chi connectivity index (χ4n) is 1.54. The van der Waals surface area contributed by atoms with Crippen molar-refractivity contribution < 1.29 is 4.79 Å². The van der Waals surface area contributed by atoms with Crippen molar-refractivity contribution >= 4 is 23.1 Å². The second-order valence-corrected chi connectivity index (χ2v) is 4.96. The summed E-state index contributed by atoms with van der Waals surface area (Å²) in [4.78, 5) is 20.2. The standard InChI is InChI=1S/C12H15N5OS/c1-8(12-14-5-6-19-12)7-15-11(18)9-3-2-4-10(16-9)17-13/h2-6,8H,7,13H2,1H3,(H,15,18)(H,16,17). The molecule has 6 nitrogen and oxygen atoms in total. The van der Waals surface area contributed by atoms with Crippen LogP contribution in [-0.2, 0) is 0 Å². The van der Waals surface area contributed by atoms with E-state index in [1.807, 2.05) is 12.3 Å². The van der Waals surface area contributed by atoms with Crippen molar-refractivity contribution in [2.24, 2.45) is 5.84 Å². The minimum Gasteiger partial charge on any atom is -0.350 e. The van der Waals surface area contributed by atoms with Crippen LogP contribution in [0.5, 0.6) is 0 Å². The maximum absolute atomic E-state index is 11.9. The lowest BCUT2D eigenvalue weighted by molar-refractivity contribution is 0.0947. The third-order valence-corrected chi connectivity index (χ3v) is 3.58. The van der Waals surface area contributed by atoms with Crippen LogP contribution in [0, 0.1) is 0 Å². The van der Waals surface area contributed by atoms with Crippen molar-refractivity contribution in [1.82, 2.24) is 15.3 Å². The van der Waals surface area contributed by atoms with Gasteiger partial charge in [-0.3, -0.25) is 4.79 Å². The number of hydrogen-bond donors (Lipinski definition) is 3. The third kappa shape index (κ3) is 3.49. The Morgan fingerprint density at radius 3 is 3.05 bits per heavy atom. The van der Waals surface area contributed by atoms with Gasteiger partial charge in [-0.1, -0.05) is 13.0 Å². The summed E-state index contributed by atoms with van der Waals surface area (Å²) < 4.78 is 0. The number of amides is 1. The van der Waals surface area contributed by atoms with E-state index in [4.69, 9.17) is 5.84 Å². The third-order valence-electron chi connectivity index (χ3n) is 2.57. The molecule has 0 spiro atoms. The topological polar surface area (TPSA) is 92.9 Å². The highest BCUT2D eigenvalue weighted by Crippen LogP contribution is 2.16. The van der Waals surface area contributed by atoms with Gasteiger partial charge >= 0.3 is 0 Å². The Hall–Kier alpha value is -1.99. The molecule has 2 aromatic heterocycles. The van der Waals surface area contributed by atoms with E-state index in [0.717, 1.165) is 5.01 Å². The summed E-state index contributed by atoms with van der Waals surface area (Å²) in [5.74, 6) is 5.67. The predicted molar refractivity (Wildman–Crippen MR) is 74.9 cm³/mol. The zero-order chi connectivity index (χ0) is 13.7. The molecule has 0 bridgehead atoms. The zero-order valence-electron chi connectivity index (χ0n) is 10.5. The Morgan fingerprint density at radius 2 is 2.37 bits per heavy atom. The average molecular weight is 277 g/mol. The average Bonchev–Trinajstić information content (AvgIpc) is 2.98. The minimum absolute atomic E-state index is 0.180.